The third-order valence-corrected chi connectivity index (χ3v) is 8.19. The first-order chi connectivity index (χ1) is 14.2. The average Bonchev–Trinajstić information content (AvgIpc) is 3.01. The smallest absolute Gasteiger partial charge is 0.237 e. The number of sulfone groups is 1. The van der Waals surface area contributed by atoms with Crippen LogP contribution in [0, 0.1) is 13.8 Å². The minimum Gasteiger partial charge on any atom is -0.496 e. The number of benzene rings is 1. The van der Waals surface area contributed by atoms with Gasteiger partial charge in [-0.3, -0.25) is 9.69 Å². The summed E-state index contributed by atoms with van der Waals surface area (Å²) in [6.45, 7) is 5.04. The molecule has 1 amide bonds. The summed E-state index contributed by atoms with van der Waals surface area (Å²) in [5, 5.41) is 0. The van der Waals surface area contributed by atoms with Gasteiger partial charge in [0.25, 0.3) is 0 Å². The number of aryl methyl sites for hydroxylation is 2. The Kier molecular flexibility index (Phi) is 7.45. The molecular formula is C23H36N2O4S. The Labute approximate surface area is 181 Å². The molecule has 3 rings (SSSR count). The summed E-state index contributed by atoms with van der Waals surface area (Å²) in [7, 11) is 0.614. The number of hydrogen-bond donors (Lipinski definition) is 0. The van der Waals surface area contributed by atoms with Gasteiger partial charge in [0.1, 0.15) is 5.75 Å². The second-order valence-electron chi connectivity index (χ2n) is 9.08. The van der Waals surface area contributed by atoms with Gasteiger partial charge in [-0.25, -0.2) is 8.42 Å². The van der Waals surface area contributed by atoms with Gasteiger partial charge in [-0.1, -0.05) is 31.4 Å². The molecule has 1 saturated heterocycles. The van der Waals surface area contributed by atoms with Crippen molar-refractivity contribution in [2.24, 2.45) is 0 Å². The van der Waals surface area contributed by atoms with E-state index in [4.69, 9.17) is 4.74 Å². The third-order valence-electron chi connectivity index (χ3n) is 6.44. The maximum Gasteiger partial charge on any atom is 0.237 e. The maximum absolute atomic E-state index is 13.3. The number of amides is 1. The first-order valence-corrected chi connectivity index (χ1v) is 12.9. The Hall–Kier alpha value is -1.60. The van der Waals surface area contributed by atoms with Crippen LogP contribution in [0.4, 0.5) is 0 Å². The molecule has 1 aliphatic carbocycles. The largest absolute Gasteiger partial charge is 0.496 e. The minimum atomic E-state index is -3.03. The minimum absolute atomic E-state index is 0.0634. The molecule has 2 aliphatic rings. The van der Waals surface area contributed by atoms with Crippen molar-refractivity contribution in [1.29, 1.82) is 0 Å². The molecule has 7 heteroatoms. The number of ether oxygens (including phenoxy) is 1. The predicted octanol–water partition coefficient (Wildman–Crippen LogP) is 3.09. The highest BCUT2D eigenvalue weighted by atomic mass is 32.2. The fraction of sp³-hybridized carbons (Fsp3) is 0.696. The van der Waals surface area contributed by atoms with Crippen molar-refractivity contribution in [3.63, 3.8) is 0 Å². The molecule has 0 aromatic heterocycles. The lowest BCUT2D eigenvalue weighted by Crippen LogP contribution is -2.51. The number of methoxy groups -OCH3 is 1. The van der Waals surface area contributed by atoms with Crippen LogP contribution in [0.2, 0.25) is 0 Å². The van der Waals surface area contributed by atoms with E-state index in [0.29, 0.717) is 19.5 Å². The van der Waals surface area contributed by atoms with E-state index in [-0.39, 0.29) is 29.5 Å². The summed E-state index contributed by atoms with van der Waals surface area (Å²) >= 11 is 0. The first kappa shape index (κ1) is 23.1. The van der Waals surface area contributed by atoms with Gasteiger partial charge in [-0.05, 0) is 56.8 Å². The molecular weight excluding hydrogens is 400 g/mol. The number of hydrogen-bond acceptors (Lipinski definition) is 5. The molecule has 2 fully saturated rings. The molecule has 1 atom stereocenters. The first-order valence-electron chi connectivity index (χ1n) is 11.0. The average molecular weight is 437 g/mol. The van der Waals surface area contributed by atoms with Gasteiger partial charge in [0.15, 0.2) is 9.84 Å². The zero-order valence-electron chi connectivity index (χ0n) is 18.8. The molecule has 0 spiro atoms. The summed E-state index contributed by atoms with van der Waals surface area (Å²) in [4.78, 5) is 17.3. The monoisotopic (exact) mass is 436 g/mol. The standard InChI is InChI=1S/C23H36N2O4S/c1-17-12-19(13-18(2)23(17)29-4)14-24(3)15-22(26)25(20-8-6-5-7-9-20)21-10-11-30(27,28)16-21/h12-13,20-21H,5-11,14-16H2,1-4H3. The summed E-state index contributed by atoms with van der Waals surface area (Å²) in [5.74, 6) is 1.29. The van der Waals surface area contributed by atoms with Crippen LogP contribution >= 0.6 is 0 Å². The molecule has 30 heavy (non-hydrogen) atoms. The molecule has 0 radical (unpaired) electrons. The highest BCUT2D eigenvalue weighted by Gasteiger charge is 2.38. The molecule has 0 bridgehead atoms. The van der Waals surface area contributed by atoms with Crippen LogP contribution in [0.5, 0.6) is 5.75 Å². The van der Waals surface area contributed by atoms with Gasteiger partial charge in [-0.2, -0.15) is 0 Å². The molecule has 1 aromatic carbocycles. The highest BCUT2D eigenvalue weighted by Crippen LogP contribution is 2.29. The topological polar surface area (TPSA) is 66.9 Å². The molecule has 168 valence electrons. The Bertz CT molecular complexity index is 839. The number of rotatable bonds is 7. The van der Waals surface area contributed by atoms with Crippen molar-refractivity contribution in [3.05, 3.63) is 28.8 Å². The van der Waals surface area contributed by atoms with E-state index in [1.54, 1.807) is 7.11 Å². The van der Waals surface area contributed by atoms with Crippen LogP contribution in [-0.2, 0) is 21.2 Å². The summed E-state index contributed by atoms with van der Waals surface area (Å²) in [5.41, 5.74) is 3.33. The van der Waals surface area contributed by atoms with E-state index in [2.05, 4.69) is 12.1 Å². The van der Waals surface area contributed by atoms with Crippen molar-refractivity contribution in [2.45, 2.75) is 71.0 Å². The maximum atomic E-state index is 13.3. The van der Waals surface area contributed by atoms with E-state index >= 15 is 0 Å². The Balaban J connectivity index is 1.70. The normalized spacial score (nSPS) is 21.7. The number of nitrogens with zero attached hydrogens (tertiary/aromatic N) is 2. The van der Waals surface area contributed by atoms with Crippen LogP contribution in [0.15, 0.2) is 12.1 Å². The van der Waals surface area contributed by atoms with Crippen molar-refractivity contribution < 1.29 is 17.9 Å². The lowest BCUT2D eigenvalue weighted by molar-refractivity contribution is -0.137. The lowest BCUT2D eigenvalue weighted by atomic mass is 9.92. The number of carbonyl (C=O) groups is 1. The SMILES string of the molecule is COc1c(C)cc(CN(C)CC(=O)N(C2CCCCC2)C2CCS(=O)(=O)C2)cc1C. The van der Waals surface area contributed by atoms with Gasteiger partial charge in [0.05, 0.1) is 25.2 Å². The van der Waals surface area contributed by atoms with Crippen molar-refractivity contribution in [3.8, 4) is 5.75 Å². The van der Waals surface area contributed by atoms with Crippen LogP contribution in [-0.4, -0.2) is 68.4 Å². The Morgan fingerprint density at radius 1 is 1.07 bits per heavy atom. The molecule has 1 aliphatic heterocycles. The number of carbonyl (C=O) groups excluding carboxylic acids is 1. The van der Waals surface area contributed by atoms with E-state index in [1.807, 2.05) is 30.7 Å². The fourth-order valence-corrected chi connectivity index (χ4v) is 6.90. The Morgan fingerprint density at radius 3 is 2.23 bits per heavy atom. The summed E-state index contributed by atoms with van der Waals surface area (Å²) in [6.07, 6.45) is 6.00. The zero-order chi connectivity index (χ0) is 21.9. The van der Waals surface area contributed by atoms with E-state index in [1.165, 1.54) is 6.42 Å². The second-order valence-corrected chi connectivity index (χ2v) is 11.3. The molecule has 1 aromatic rings. The fourth-order valence-electron chi connectivity index (χ4n) is 5.19. The van der Waals surface area contributed by atoms with E-state index in [0.717, 1.165) is 48.1 Å². The molecule has 6 nitrogen and oxygen atoms in total. The van der Waals surface area contributed by atoms with Gasteiger partial charge >= 0.3 is 0 Å². The molecule has 1 unspecified atom stereocenters. The van der Waals surface area contributed by atoms with Crippen LogP contribution in [0.3, 0.4) is 0 Å². The molecule has 1 heterocycles. The quantitative estimate of drug-likeness (QED) is 0.657. The van der Waals surface area contributed by atoms with Gasteiger partial charge in [0.2, 0.25) is 5.91 Å². The van der Waals surface area contributed by atoms with E-state index in [9.17, 15) is 13.2 Å². The van der Waals surface area contributed by atoms with Gasteiger partial charge < -0.3 is 9.64 Å². The summed E-state index contributed by atoms with van der Waals surface area (Å²) in [6, 6.07) is 4.23. The van der Waals surface area contributed by atoms with Crippen LogP contribution in [0.25, 0.3) is 0 Å². The molecule has 0 N–H and O–H groups in total. The van der Waals surface area contributed by atoms with E-state index < -0.39 is 9.84 Å². The number of likely N-dealkylation sites (N-methyl/N-ethyl adjacent to an activating group) is 1. The van der Waals surface area contributed by atoms with Crippen LogP contribution < -0.4 is 4.74 Å². The van der Waals surface area contributed by atoms with Crippen molar-refractivity contribution >= 4 is 15.7 Å². The highest BCUT2D eigenvalue weighted by molar-refractivity contribution is 7.91. The Morgan fingerprint density at radius 2 is 1.70 bits per heavy atom. The van der Waals surface area contributed by atoms with Gasteiger partial charge in [-0.15, -0.1) is 0 Å². The second kappa shape index (κ2) is 9.69. The predicted molar refractivity (Wildman–Crippen MR) is 120 cm³/mol. The van der Waals surface area contributed by atoms with Crippen molar-refractivity contribution in [2.75, 3.05) is 32.2 Å². The summed E-state index contributed by atoms with van der Waals surface area (Å²) < 4.78 is 29.6. The zero-order valence-corrected chi connectivity index (χ0v) is 19.6. The molecule has 1 saturated carbocycles. The third kappa shape index (κ3) is 5.55. The van der Waals surface area contributed by atoms with Crippen LogP contribution in [0.1, 0.15) is 55.2 Å². The lowest BCUT2D eigenvalue weighted by Gasteiger charge is -2.39. The van der Waals surface area contributed by atoms with Crippen molar-refractivity contribution in [1.82, 2.24) is 9.80 Å². The van der Waals surface area contributed by atoms with Gasteiger partial charge in [0, 0.05) is 18.6 Å².